The highest BCUT2D eigenvalue weighted by molar-refractivity contribution is 7.91. The van der Waals surface area contributed by atoms with Crippen LogP contribution < -0.4 is 5.32 Å². The Morgan fingerprint density at radius 3 is 2.26 bits per heavy atom. The van der Waals surface area contributed by atoms with Gasteiger partial charge in [0.25, 0.3) is 0 Å². The van der Waals surface area contributed by atoms with Crippen molar-refractivity contribution in [2.24, 2.45) is 0 Å². The van der Waals surface area contributed by atoms with Gasteiger partial charge in [-0.15, -0.1) is 0 Å². The molecule has 0 atom stereocenters. The second-order valence-electron chi connectivity index (χ2n) is 3.59. The average Bonchev–Trinajstić information content (AvgIpc) is 2.37. The zero-order chi connectivity index (χ0) is 14.5. The topological polar surface area (TPSA) is 101 Å². The van der Waals surface area contributed by atoms with Gasteiger partial charge in [-0.3, -0.25) is 4.79 Å². The zero-order valence-corrected chi connectivity index (χ0v) is 11.0. The van der Waals surface area contributed by atoms with E-state index in [0.29, 0.717) is 11.8 Å². The predicted molar refractivity (Wildman–Crippen MR) is 69.6 cm³/mol. The lowest BCUT2D eigenvalue weighted by molar-refractivity contribution is -0.131. The molecule has 6 nitrogen and oxygen atoms in total. The van der Waals surface area contributed by atoms with Crippen molar-refractivity contribution in [3.05, 3.63) is 36.4 Å². The maximum atomic E-state index is 11.5. The number of nitrogens with one attached hydrogen (secondary N) is 1. The van der Waals surface area contributed by atoms with Gasteiger partial charge in [-0.1, -0.05) is 6.92 Å². The van der Waals surface area contributed by atoms with Gasteiger partial charge in [-0.25, -0.2) is 13.2 Å². The first-order valence-electron chi connectivity index (χ1n) is 5.40. The van der Waals surface area contributed by atoms with Crippen molar-refractivity contribution >= 4 is 27.4 Å². The van der Waals surface area contributed by atoms with Crippen molar-refractivity contribution in [2.45, 2.75) is 11.8 Å². The van der Waals surface area contributed by atoms with E-state index in [0.717, 1.165) is 6.08 Å². The molecule has 0 radical (unpaired) electrons. The summed E-state index contributed by atoms with van der Waals surface area (Å²) < 4.78 is 23.1. The molecule has 1 aromatic carbocycles. The molecule has 7 heteroatoms. The third-order valence-electron chi connectivity index (χ3n) is 2.24. The first-order valence-corrected chi connectivity index (χ1v) is 7.05. The monoisotopic (exact) mass is 283 g/mol. The molecule has 0 saturated carbocycles. The summed E-state index contributed by atoms with van der Waals surface area (Å²) in [5.74, 6) is -1.83. The predicted octanol–water partition coefficient (Wildman–Crippen LogP) is 1.06. The van der Waals surface area contributed by atoms with Gasteiger partial charge in [0.05, 0.1) is 10.6 Å². The van der Waals surface area contributed by atoms with E-state index in [1.807, 2.05) is 0 Å². The molecule has 0 aromatic heterocycles. The summed E-state index contributed by atoms with van der Waals surface area (Å²) in [5, 5.41) is 10.8. The largest absolute Gasteiger partial charge is 0.478 e. The van der Waals surface area contributed by atoms with Crippen LogP contribution in [-0.4, -0.2) is 31.2 Å². The Bertz CT molecular complexity index is 602. The molecule has 1 amide bonds. The van der Waals surface area contributed by atoms with Crippen LogP contribution in [0.4, 0.5) is 5.69 Å². The van der Waals surface area contributed by atoms with Gasteiger partial charge in [-0.05, 0) is 24.3 Å². The fraction of sp³-hybridized carbons (Fsp3) is 0.167. The number of anilines is 1. The second-order valence-corrected chi connectivity index (χ2v) is 5.87. The van der Waals surface area contributed by atoms with Crippen LogP contribution in [0.15, 0.2) is 41.3 Å². The zero-order valence-electron chi connectivity index (χ0n) is 10.2. The summed E-state index contributed by atoms with van der Waals surface area (Å²) in [6, 6.07) is 5.65. The van der Waals surface area contributed by atoms with Crippen LogP contribution in [0.1, 0.15) is 6.92 Å². The smallest absolute Gasteiger partial charge is 0.328 e. The molecule has 0 aliphatic carbocycles. The number of carbonyl (C=O) groups is 2. The minimum absolute atomic E-state index is 0.0000547. The maximum Gasteiger partial charge on any atom is 0.328 e. The van der Waals surface area contributed by atoms with E-state index in [9.17, 15) is 18.0 Å². The maximum absolute atomic E-state index is 11.5. The third-order valence-corrected chi connectivity index (χ3v) is 3.99. The third kappa shape index (κ3) is 4.55. The van der Waals surface area contributed by atoms with Gasteiger partial charge in [0.15, 0.2) is 9.84 Å². The molecule has 1 aromatic rings. The van der Waals surface area contributed by atoms with Gasteiger partial charge in [0.1, 0.15) is 0 Å². The molecular formula is C12H13NO5S. The first-order chi connectivity index (χ1) is 8.85. The van der Waals surface area contributed by atoms with Crippen molar-refractivity contribution in [2.75, 3.05) is 11.1 Å². The van der Waals surface area contributed by atoms with Crippen molar-refractivity contribution in [3.8, 4) is 0 Å². The Hall–Kier alpha value is -2.15. The summed E-state index contributed by atoms with van der Waals surface area (Å²) in [5.41, 5.74) is 0.384. The lowest BCUT2D eigenvalue weighted by Crippen LogP contribution is -2.09. The van der Waals surface area contributed by atoms with E-state index in [1.165, 1.54) is 24.3 Å². The lowest BCUT2D eigenvalue weighted by atomic mass is 10.3. The number of rotatable bonds is 5. The standard InChI is InChI=1S/C12H13NO5S/c1-2-19(17,18)10-5-3-9(4-6-10)13-11(14)7-8-12(15)16/h3-8H,2H2,1H3,(H,13,14)(H,15,16)/b8-7+. The highest BCUT2D eigenvalue weighted by Gasteiger charge is 2.10. The van der Waals surface area contributed by atoms with E-state index in [2.05, 4.69) is 5.32 Å². The van der Waals surface area contributed by atoms with Gasteiger partial charge in [-0.2, -0.15) is 0 Å². The minimum Gasteiger partial charge on any atom is -0.478 e. The SMILES string of the molecule is CCS(=O)(=O)c1ccc(NC(=O)/C=C/C(=O)O)cc1. The average molecular weight is 283 g/mol. The number of amides is 1. The second kappa shape index (κ2) is 6.14. The molecule has 19 heavy (non-hydrogen) atoms. The van der Waals surface area contributed by atoms with Gasteiger partial charge >= 0.3 is 5.97 Å². The number of benzene rings is 1. The van der Waals surface area contributed by atoms with Crippen LogP contribution >= 0.6 is 0 Å². The Morgan fingerprint density at radius 2 is 1.79 bits per heavy atom. The van der Waals surface area contributed by atoms with Crippen LogP contribution in [0.25, 0.3) is 0 Å². The molecule has 0 spiro atoms. The van der Waals surface area contributed by atoms with E-state index < -0.39 is 21.7 Å². The molecule has 1 rings (SSSR count). The lowest BCUT2D eigenvalue weighted by Gasteiger charge is -2.04. The number of aliphatic carboxylic acids is 1. The van der Waals surface area contributed by atoms with Crippen molar-refractivity contribution in [3.63, 3.8) is 0 Å². The number of hydrogen-bond acceptors (Lipinski definition) is 4. The molecule has 0 aliphatic heterocycles. The number of sulfone groups is 1. The fourth-order valence-corrected chi connectivity index (χ4v) is 2.13. The van der Waals surface area contributed by atoms with Crippen LogP contribution in [-0.2, 0) is 19.4 Å². The Balaban J connectivity index is 2.78. The molecule has 0 bridgehead atoms. The van der Waals surface area contributed by atoms with Crippen molar-refractivity contribution in [1.29, 1.82) is 0 Å². The molecule has 0 saturated heterocycles. The summed E-state index contributed by atoms with van der Waals surface area (Å²) in [6.07, 6.45) is 1.59. The quantitative estimate of drug-likeness (QED) is 0.787. The van der Waals surface area contributed by atoms with Crippen molar-refractivity contribution < 1.29 is 23.1 Å². The van der Waals surface area contributed by atoms with E-state index >= 15 is 0 Å². The van der Waals surface area contributed by atoms with Crippen LogP contribution in [0.5, 0.6) is 0 Å². The highest BCUT2D eigenvalue weighted by Crippen LogP contribution is 2.15. The molecule has 0 heterocycles. The van der Waals surface area contributed by atoms with Gasteiger partial charge in [0.2, 0.25) is 5.91 Å². The fourth-order valence-electron chi connectivity index (χ4n) is 1.24. The van der Waals surface area contributed by atoms with E-state index in [-0.39, 0.29) is 10.6 Å². The first kappa shape index (κ1) is 14.9. The molecule has 0 fully saturated rings. The molecule has 0 aliphatic rings. The Morgan fingerprint density at radius 1 is 1.21 bits per heavy atom. The summed E-state index contributed by atoms with van der Waals surface area (Å²) in [7, 11) is -3.27. The normalized spacial score (nSPS) is 11.4. The number of carbonyl (C=O) groups excluding carboxylic acids is 1. The highest BCUT2D eigenvalue weighted by atomic mass is 32.2. The van der Waals surface area contributed by atoms with Crippen molar-refractivity contribution in [1.82, 2.24) is 0 Å². The summed E-state index contributed by atoms with van der Waals surface area (Å²) >= 11 is 0. The number of carboxylic acids is 1. The van der Waals surface area contributed by atoms with Gasteiger partial charge < -0.3 is 10.4 Å². The molecular weight excluding hydrogens is 270 g/mol. The molecule has 102 valence electrons. The summed E-state index contributed by atoms with van der Waals surface area (Å²) in [6.45, 7) is 1.54. The van der Waals surface area contributed by atoms with Gasteiger partial charge in [0, 0.05) is 17.8 Å². The number of hydrogen-bond donors (Lipinski definition) is 2. The Kier molecular flexibility index (Phi) is 4.82. The summed E-state index contributed by atoms with van der Waals surface area (Å²) in [4.78, 5) is 21.7. The van der Waals surface area contributed by atoms with Crippen LogP contribution in [0.3, 0.4) is 0 Å². The molecule has 0 unspecified atom stereocenters. The van der Waals surface area contributed by atoms with E-state index in [1.54, 1.807) is 6.92 Å². The Labute approximate surface area is 110 Å². The van der Waals surface area contributed by atoms with Crippen LogP contribution in [0.2, 0.25) is 0 Å². The van der Waals surface area contributed by atoms with E-state index in [4.69, 9.17) is 5.11 Å². The number of carboxylic acid groups (broad SMARTS) is 1. The minimum atomic E-state index is -3.27. The molecule has 2 N–H and O–H groups in total. The van der Waals surface area contributed by atoms with Crippen LogP contribution in [0, 0.1) is 0 Å².